The van der Waals surface area contributed by atoms with Crippen molar-refractivity contribution >= 4 is 21.6 Å². The molecule has 4 nitrogen and oxygen atoms in total. The molecule has 0 aliphatic heterocycles. The molecule has 1 N–H and O–H groups in total. The number of hydrogen-bond acceptors (Lipinski definition) is 3. The molecule has 0 aliphatic carbocycles. The minimum absolute atomic E-state index is 0.0745. The van der Waals surface area contributed by atoms with Gasteiger partial charge in [-0.3, -0.25) is 0 Å². The van der Waals surface area contributed by atoms with Crippen molar-refractivity contribution in [3.63, 3.8) is 0 Å². The molecule has 0 atom stereocenters. The average Bonchev–Trinajstić information content (AvgIpc) is 2.47. The summed E-state index contributed by atoms with van der Waals surface area (Å²) in [6, 6.07) is 14.7. The maximum absolute atomic E-state index is 12.1. The maximum atomic E-state index is 12.1. The van der Waals surface area contributed by atoms with Crippen molar-refractivity contribution in [2.24, 2.45) is 0 Å². The minimum atomic E-state index is -3.64. The second-order valence-electron chi connectivity index (χ2n) is 4.09. The SMILES string of the molecule is N#Cc1cccc(S(=O)(=O)NCc2ccc(Cl)cc2)c1. The van der Waals surface area contributed by atoms with Crippen LogP contribution in [0.5, 0.6) is 0 Å². The molecule has 0 unspecified atom stereocenters. The van der Waals surface area contributed by atoms with E-state index in [0.29, 0.717) is 10.6 Å². The molecule has 2 aromatic carbocycles. The summed E-state index contributed by atoms with van der Waals surface area (Å²) in [6.07, 6.45) is 0. The van der Waals surface area contributed by atoms with Gasteiger partial charge in [-0.25, -0.2) is 13.1 Å². The highest BCUT2D eigenvalue weighted by atomic mass is 35.5. The first-order valence-electron chi connectivity index (χ1n) is 5.75. The van der Waals surface area contributed by atoms with E-state index in [1.165, 1.54) is 18.2 Å². The zero-order valence-corrected chi connectivity index (χ0v) is 11.9. The molecule has 0 bridgehead atoms. The normalized spacial score (nSPS) is 11.0. The quantitative estimate of drug-likeness (QED) is 0.944. The molecule has 6 heteroatoms. The highest BCUT2D eigenvalue weighted by Gasteiger charge is 2.13. The molecular weight excluding hydrogens is 296 g/mol. The topological polar surface area (TPSA) is 70.0 Å². The lowest BCUT2D eigenvalue weighted by Crippen LogP contribution is -2.23. The summed E-state index contributed by atoms with van der Waals surface area (Å²) in [5, 5.41) is 9.38. The summed E-state index contributed by atoms with van der Waals surface area (Å²) in [4.78, 5) is 0.0745. The Kier molecular flexibility index (Phi) is 4.40. The summed E-state index contributed by atoms with van der Waals surface area (Å²) in [6.45, 7) is 0.163. The predicted octanol–water partition coefficient (Wildman–Crippen LogP) is 2.69. The molecule has 0 saturated heterocycles. The molecule has 0 heterocycles. The summed E-state index contributed by atoms with van der Waals surface area (Å²) in [5.41, 5.74) is 1.11. The van der Waals surface area contributed by atoms with E-state index in [2.05, 4.69) is 4.72 Å². The first-order chi connectivity index (χ1) is 9.51. The van der Waals surface area contributed by atoms with Crippen LogP contribution in [0.3, 0.4) is 0 Å². The van der Waals surface area contributed by atoms with Crippen LogP contribution in [0, 0.1) is 11.3 Å². The summed E-state index contributed by atoms with van der Waals surface area (Å²) in [5.74, 6) is 0. The van der Waals surface area contributed by atoms with Gasteiger partial charge in [-0.05, 0) is 35.9 Å². The van der Waals surface area contributed by atoms with Crippen molar-refractivity contribution in [3.05, 3.63) is 64.7 Å². The fourth-order valence-electron chi connectivity index (χ4n) is 1.60. The van der Waals surface area contributed by atoms with E-state index in [9.17, 15) is 8.42 Å². The highest BCUT2D eigenvalue weighted by Crippen LogP contribution is 2.13. The fourth-order valence-corrected chi connectivity index (χ4v) is 2.79. The van der Waals surface area contributed by atoms with Crippen LogP contribution in [0.15, 0.2) is 53.4 Å². The van der Waals surface area contributed by atoms with Crippen molar-refractivity contribution in [2.75, 3.05) is 0 Å². The zero-order chi connectivity index (χ0) is 14.6. The molecule has 0 aromatic heterocycles. The van der Waals surface area contributed by atoms with E-state index in [0.717, 1.165) is 5.56 Å². The number of benzene rings is 2. The van der Waals surface area contributed by atoms with Gasteiger partial charge in [-0.1, -0.05) is 29.8 Å². The van der Waals surface area contributed by atoms with E-state index < -0.39 is 10.0 Å². The lowest BCUT2D eigenvalue weighted by atomic mass is 10.2. The van der Waals surface area contributed by atoms with Gasteiger partial charge in [0.15, 0.2) is 0 Å². The Hall–Kier alpha value is -1.87. The van der Waals surface area contributed by atoms with Gasteiger partial charge in [0.1, 0.15) is 0 Å². The third-order valence-corrected chi connectivity index (χ3v) is 4.30. The molecular formula is C14H11ClN2O2S. The Bertz CT molecular complexity index is 749. The Morgan fingerprint density at radius 1 is 1.15 bits per heavy atom. The standard InChI is InChI=1S/C14H11ClN2O2S/c15-13-6-4-11(5-7-13)10-17-20(18,19)14-3-1-2-12(8-14)9-16/h1-8,17H,10H2. The molecule has 20 heavy (non-hydrogen) atoms. The van der Waals surface area contributed by atoms with Gasteiger partial charge in [0, 0.05) is 11.6 Å². The van der Waals surface area contributed by atoms with Gasteiger partial charge in [-0.15, -0.1) is 0 Å². The molecule has 0 fully saturated rings. The van der Waals surface area contributed by atoms with Gasteiger partial charge in [0.05, 0.1) is 16.5 Å². The van der Waals surface area contributed by atoms with Gasteiger partial charge in [0.25, 0.3) is 0 Å². The molecule has 2 rings (SSSR count). The Morgan fingerprint density at radius 3 is 2.50 bits per heavy atom. The molecule has 2 aromatic rings. The van der Waals surface area contributed by atoms with Crippen LogP contribution >= 0.6 is 11.6 Å². The Balaban J connectivity index is 2.15. The minimum Gasteiger partial charge on any atom is -0.207 e. The van der Waals surface area contributed by atoms with Crippen LogP contribution in [0.25, 0.3) is 0 Å². The van der Waals surface area contributed by atoms with Crippen LogP contribution in [0.4, 0.5) is 0 Å². The first kappa shape index (κ1) is 14.5. The van der Waals surface area contributed by atoms with Gasteiger partial charge < -0.3 is 0 Å². The number of rotatable bonds is 4. The first-order valence-corrected chi connectivity index (χ1v) is 7.62. The fraction of sp³-hybridized carbons (Fsp3) is 0.0714. The van der Waals surface area contributed by atoms with Gasteiger partial charge >= 0.3 is 0 Å². The van der Waals surface area contributed by atoms with Crippen LogP contribution in [-0.2, 0) is 16.6 Å². The lowest BCUT2D eigenvalue weighted by molar-refractivity contribution is 0.581. The van der Waals surface area contributed by atoms with E-state index in [1.54, 1.807) is 30.3 Å². The predicted molar refractivity (Wildman–Crippen MR) is 76.6 cm³/mol. The molecule has 0 aliphatic rings. The Labute approximate surface area is 122 Å². The molecule has 102 valence electrons. The van der Waals surface area contributed by atoms with Crippen LogP contribution < -0.4 is 4.72 Å². The second kappa shape index (κ2) is 6.06. The van der Waals surface area contributed by atoms with Crippen molar-refractivity contribution < 1.29 is 8.42 Å². The van der Waals surface area contributed by atoms with Crippen molar-refractivity contribution in [1.82, 2.24) is 4.72 Å². The smallest absolute Gasteiger partial charge is 0.207 e. The Morgan fingerprint density at radius 2 is 1.85 bits per heavy atom. The number of hydrogen-bond donors (Lipinski definition) is 1. The largest absolute Gasteiger partial charge is 0.240 e. The zero-order valence-electron chi connectivity index (χ0n) is 10.4. The maximum Gasteiger partial charge on any atom is 0.240 e. The van der Waals surface area contributed by atoms with Gasteiger partial charge in [-0.2, -0.15) is 5.26 Å². The number of halogens is 1. The third-order valence-electron chi connectivity index (χ3n) is 2.65. The summed E-state index contributed by atoms with van der Waals surface area (Å²) in [7, 11) is -3.64. The van der Waals surface area contributed by atoms with Crippen LogP contribution in [0.1, 0.15) is 11.1 Å². The highest BCUT2D eigenvalue weighted by molar-refractivity contribution is 7.89. The summed E-state index contributed by atoms with van der Waals surface area (Å²) >= 11 is 5.76. The second-order valence-corrected chi connectivity index (χ2v) is 6.29. The molecule has 0 spiro atoms. The van der Waals surface area contributed by atoms with Crippen molar-refractivity contribution in [1.29, 1.82) is 5.26 Å². The number of nitriles is 1. The lowest BCUT2D eigenvalue weighted by Gasteiger charge is -2.07. The van der Waals surface area contributed by atoms with E-state index in [1.807, 2.05) is 6.07 Å². The molecule has 0 saturated carbocycles. The summed E-state index contributed by atoms with van der Waals surface area (Å²) < 4.78 is 26.7. The van der Waals surface area contributed by atoms with E-state index in [-0.39, 0.29) is 11.4 Å². The van der Waals surface area contributed by atoms with Crippen LogP contribution in [0.2, 0.25) is 5.02 Å². The monoisotopic (exact) mass is 306 g/mol. The molecule has 0 radical (unpaired) electrons. The number of nitrogens with one attached hydrogen (secondary N) is 1. The van der Waals surface area contributed by atoms with Crippen molar-refractivity contribution in [2.45, 2.75) is 11.4 Å². The number of nitrogens with zero attached hydrogens (tertiary/aromatic N) is 1. The van der Waals surface area contributed by atoms with E-state index >= 15 is 0 Å². The van der Waals surface area contributed by atoms with Gasteiger partial charge in [0.2, 0.25) is 10.0 Å². The van der Waals surface area contributed by atoms with E-state index in [4.69, 9.17) is 16.9 Å². The average molecular weight is 307 g/mol. The third kappa shape index (κ3) is 3.58. The number of sulfonamides is 1. The van der Waals surface area contributed by atoms with Crippen LogP contribution in [-0.4, -0.2) is 8.42 Å². The van der Waals surface area contributed by atoms with Crippen molar-refractivity contribution in [3.8, 4) is 6.07 Å². The molecule has 0 amide bonds.